The molecule has 1 aromatic carbocycles. The minimum absolute atomic E-state index is 0.0102. The highest BCUT2D eigenvalue weighted by Crippen LogP contribution is 2.41. The molecule has 37 heavy (non-hydrogen) atoms. The lowest BCUT2D eigenvalue weighted by atomic mass is 9.83. The minimum Gasteiger partial charge on any atom is -0.392 e. The van der Waals surface area contributed by atoms with Crippen LogP contribution in [0.1, 0.15) is 43.1 Å². The molecule has 2 N–H and O–H groups in total. The number of aliphatic hydroxyl groups is 1. The van der Waals surface area contributed by atoms with E-state index in [1.165, 1.54) is 29.5 Å². The monoisotopic (exact) mass is 540 g/mol. The number of likely N-dealkylation sites (N-methyl/N-ethyl adjacent to an activating group) is 1. The van der Waals surface area contributed by atoms with Gasteiger partial charge in [-0.1, -0.05) is 38.1 Å². The molecule has 202 valence electrons. The lowest BCUT2D eigenvalue weighted by Crippen LogP contribution is -2.49. The Bertz CT molecular complexity index is 1270. The van der Waals surface area contributed by atoms with Crippen molar-refractivity contribution >= 4 is 21.6 Å². The molecule has 2 heterocycles. The summed E-state index contributed by atoms with van der Waals surface area (Å²) in [6.07, 6.45) is -3.36. The smallest absolute Gasteiger partial charge is 0.392 e. The number of hydrogen-bond acceptors (Lipinski definition) is 6. The predicted molar refractivity (Wildman–Crippen MR) is 132 cm³/mol. The molecule has 1 aromatic heterocycles. The second-order valence-electron chi connectivity index (χ2n) is 10.4. The largest absolute Gasteiger partial charge is 0.414 e. The minimum atomic E-state index is -4.87. The second-order valence-corrected chi connectivity index (χ2v) is 12.3. The van der Waals surface area contributed by atoms with E-state index in [-0.39, 0.29) is 24.4 Å². The number of aliphatic hydroxyl groups excluding tert-OH is 1. The topological polar surface area (TPSA) is 103 Å². The Hall–Kier alpha value is -2.70. The Kier molecular flexibility index (Phi) is 7.06. The second kappa shape index (κ2) is 9.55. The average Bonchev–Trinajstić information content (AvgIpc) is 3.31. The third kappa shape index (κ3) is 5.32. The fraction of sp³-hybridized carbons (Fsp3) is 0.520. The van der Waals surface area contributed by atoms with E-state index in [1.807, 2.05) is 12.1 Å². The number of hydrogen-bond donors (Lipinski definition) is 2. The summed E-state index contributed by atoms with van der Waals surface area (Å²) in [5.74, 6) is -1.06. The maximum absolute atomic E-state index is 14.2. The Morgan fingerprint density at radius 3 is 2.49 bits per heavy atom. The molecule has 1 amide bonds. The standard InChI is InChI=1S/C25H31F3N4O4S/c1-24(2)18-8-6-5-7-15(18)11-21(24)30-16-9-10-19(29-13-16)22(25(26,27)28)31(3)23(34)20-12-17(33)14-32(20)37(4,35)36/h5-10,13,17,20-22,30,33H,11-12,14H2,1-4H3/t17-,20+,21+,22+/m1/s1. The highest BCUT2D eigenvalue weighted by Gasteiger charge is 2.50. The van der Waals surface area contributed by atoms with Gasteiger partial charge in [0.25, 0.3) is 0 Å². The molecule has 1 aliphatic heterocycles. The molecule has 0 spiro atoms. The van der Waals surface area contributed by atoms with Crippen LogP contribution in [0.2, 0.25) is 0 Å². The lowest BCUT2D eigenvalue weighted by Gasteiger charge is -2.33. The van der Waals surface area contributed by atoms with Gasteiger partial charge < -0.3 is 15.3 Å². The van der Waals surface area contributed by atoms with Crippen LogP contribution >= 0.6 is 0 Å². The number of benzene rings is 1. The number of anilines is 1. The molecule has 2 aliphatic rings. The maximum Gasteiger partial charge on any atom is 0.414 e. The van der Waals surface area contributed by atoms with Crippen LogP contribution in [0.5, 0.6) is 0 Å². The SMILES string of the molecule is CN(C(=O)[C@@H]1C[C@@H](O)CN1S(C)(=O)=O)[C@@H](c1ccc(N[C@H]2Cc3ccccc3C2(C)C)cn1)C(F)(F)F. The summed E-state index contributed by atoms with van der Waals surface area (Å²) in [4.78, 5) is 17.6. The zero-order valence-electron chi connectivity index (χ0n) is 21.0. The van der Waals surface area contributed by atoms with Crippen molar-refractivity contribution in [3.8, 4) is 0 Å². The molecule has 0 radical (unpaired) electrons. The molecule has 2 aromatic rings. The van der Waals surface area contributed by atoms with Crippen molar-refractivity contribution < 1.29 is 31.5 Å². The van der Waals surface area contributed by atoms with Gasteiger partial charge in [0.05, 0.1) is 29.9 Å². The van der Waals surface area contributed by atoms with Crippen molar-refractivity contribution in [1.82, 2.24) is 14.2 Å². The Morgan fingerprint density at radius 2 is 1.92 bits per heavy atom. The molecule has 12 heteroatoms. The first-order chi connectivity index (χ1) is 17.1. The van der Waals surface area contributed by atoms with Gasteiger partial charge in [-0.25, -0.2) is 8.42 Å². The first kappa shape index (κ1) is 27.3. The predicted octanol–water partition coefficient (Wildman–Crippen LogP) is 2.85. The van der Waals surface area contributed by atoms with E-state index in [4.69, 9.17) is 0 Å². The van der Waals surface area contributed by atoms with Gasteiger partial charge in [-0.15, -0.1) is 0 Å². The van der Waals surface area contributed by atoms with Crippen LogP contribution in [0.4, 0.5) is 18.9 Å². The van der Waals surface area contributed by atoms with Crippen LogP contribution in [0, 0.1) is 0 Å². The Labute approximate surface area is 214 Å². The summed E-state index contributed by atoms with van der Waals surface area (Å²) in [6.45, 7) is 3.87. The van der Waals surface area contributed by atoms with E-state index >= 15 is 0 Å². The third-order valence-electron chi connectivity index (χ3n) is 7.40. The number of β-amino-alcohol motifs (C(OH)–C–C–N with tert-alkyl or cyclic N) is 1. The molecule has 0 bridgehead atoms. The summed E-state index contributed by atoms with van der Waals surface area (Å²) in [5, 5.41) is 13.3. The average molecular weight is 541 g/mol. The van der Waals surface area contributed by atoms with Gasteiger partial charge in [0.15, 0.2) is 6.04 Å². The molecule has 4 atom stereocenters. The van der Waals surface area contributed by atoms with E-state index < -0.39 is 46.0 Å². The van der Waals surface area contributed by atoms with Crippen LogP contribution in [0.15, 0.2) is 42.6 Å². The zero-order chi connectivity index (χ0) is 27.3. The molecular weight excluding hydrogens is 509 g/mol. The number of carbonyl (C=O) groups excluding carboxylic acids is 1. The maximum atomic E-state index is 14.2. The van der Waals surface area contributed by atoms with Crippen LogP contribution in [0.25, 0.3) is 0 Å². The molecule has 1 saturated heterocycles. The number of pyridine rings is 1. The van der Waals surface area contributed by atoms with Gasteiger partial charge in [0.2, 0.25) is 15.9 Å². The Morgan fingerprint density at radius 1 is 1.24 bits per heavy atom. The number of nitrogens with zero attached hydrogens (tertiary/aromatic N) is 3. The van der Waals surface area contributed by atoms with Crippen LogP contribution in [-0.4, -0.2) is 77.8 Å². The molecular formula is C25H31F3N4O4S. The summed E-state index contributed by atoms with van der Waals surface area (Å²) in [6, 6.07) is 7.02. The number of amides is 1. The van der Waals surface area contributed by atoms with E-state index in [0.29, 0.717) is 10.6 Å². The normalized spacial score (nSPS) is 24.5. The van der Waals surface area contributed by atoms with Crippen molar-refractivity contribution in [3.63, 3.8) is 0 Å². The molecule has 1 fully saturated rings. The van der Waals surface area contributed by atoms with E-state index in [0.717, 1.165) is 24.0 Å². The van der Waals surface area contributed by atoms with Gasteiger partial charge in [0.1, 0.15) is 6.04 Å². The number of rotatable bonds is 6. The first-order valence-corrected chi connectivity index (χ1v) is 13.7. The number of carbonyl (C=O) groups is 1. The van der Waals surface area contributed by atoms with Gasteiger partial charge >= 0.3 is 6.18 Å². The number of aromatic nitrogens is 1. The fourth-order valence-electron chi connectivity index (χ4n) is 5.40. The van der Waals surface area contributed by atoms with Crippen molar-refractivity contribution in [2.45, 2.75) is 62.5 Å². The van der Waals surface area contributed by atoms with E-state index in [9.17, 15) is 31.5 Å². The van der Waals surface area contributed by atoms with Crippen LogP contribution in [0.3, 0.4) is 0 Å². The van der Waals surface area contributed by atoms with Crippen molar-refractivity contribution in [3.05, 3.63) is 59.4 Å². The van der Waals surface area contributed by atoms with Gasteiger partial charge in [-0.05, 0) is 29.7 Å². The van der Waals surface area contributed by atoms with Crippen molar-refractivity contribution in [2.75, 3.05) is 25.2 Å². The molecule has 1 aliphatic carbocycles. The quantitative estimate of drug-likeness (QED) is 0.584. The highest BCUT2D eigenvalue weighted by atomic mass is 32.2. The number of nitrogens with one attached hydrogen (secondary N) is 1. The highest BCUT2D eigenvalue weighted by molar-refractivity contribution is 7.88. The molecule has 0 unspecified atom stereocenters. The molecule has 8 nitrogen and oxygen atoms in total. The van der Waals surface area contributed by atoms with Gasteiger partial charge in [-0.3, -0.25) is 9.78 Å². The number of fused-ring (bicyclic) bond motifs is 1. The van der Waals surface area contributed by atoms with E-state index in [2.05, 4.69) is 36.3 Å². The first-order valence-electron chi connectivity index (χ1n) is 11.9. The molecule has 4 rings (SSSR count). The third-order valence-corrected chi connectivity index (χ3v) is 8.66. The summed E-state index contributed by atoms with van der Waals surface area (Å²) in [7, 11) is -2.94. The summed E-state index contributed by atoms with van der Waals surface area (Å²) < 4.78 is 67.3. The van der Waals surface area contributed by atoms with E-state index in [1.54, 1.807) is 0 Å². The molecule has 0 saturated carbocycles. The summed E-state index contributed by atoms with van der Waals surface area (Å²) >= 11 is 0. The van der Waals surface area contributed by atoms with Gasteiger partial charge in [-0.2, -0.15) is 17.5 Å². The lowest BCUT2D eigenvalue weighted by molar-refractivity contribution is -0.190. The number of halogens is 3. The number of alkyl halides is 3. The van der Waals surface area contributed by atoms with Crippen LogP contribution < -0.4 is 5.32 Å². The zero-order valence-corrected chi connectivity index (χ0v) is 21.8. The van der Waals surface area contributed by atoms with Crippen molar-refractivity contribution in [1.29, 1.82) is 0 Å². The Balaban J connectivity index is 1.55. The number of sulfonamides is 1. The van der Waals surface area contributed by atoms with Gasteiger partial charge in [0, 0.05) is 31.5 Å². The van der Waals surface area contributed by atoms with Crippen LogP contribution in [-0.2, 0) is 26.7 Å². The van der Waals surface area contributed by atoms with Crippen molar-refractivity contribution in [2.24, 2.45) is 0 Å². The summed E-state index contributed by atoms with van der Waals surface area (Å²) in [5.41, 5.74) is 2.38. The fourth-order valence-corrected chi connectivity index (χ4v) is 6.48.